The highest BCUT2D eigenvalue weighted by molar-refractivity contribution is 9.10. The predicted octanol–water partition coefficient (Wildman–Crippen LogP) is 4.60. The van der Waals surface area contributed by atoms with Crippen LogP contribution in [0.25, 0.3) is 10.9 Å². The summed E-state index contributed by atoms with van der Waals surface area (Å²) < 4.78 is 1.12. The topological polar surface area (TPSA) is 24.9 Å². The molecule has 2 aliphatic carbocycles. The highest BCUT2D eigenvalue weighted by Crippen LogP contribution is 2.46. The van der Waals surface area contributed by atoms with Crippen LogP contribution in [0.3, 0.4) is 0 Å². The van der Waals surface area contributed by atoms with E-state index in [4.69, 9.17) is 0 Å². The van der Waals surface area contributed by atoms with Gasteiger partial charge in [-0.25, -0.2) is 0 Å². The lowest BCUT2D eigenvalue weighted by Crippen LogP contribution is -2.24. The molecule has 2 nitrogen and oxygen atoms in total. The van der Waals surface area contributed by atoms with E-state index >= 15 is 0 Å². The number of fused-ring (bicyclic) bond motifs is 1. The van der Waals surface area contributed by atoms with Gasteiger partial charge >= 0.3 is 0 Å². The zero-order valence-electron chi connectivity index (χ0n) is 10.8. The Morgan fingerprint density at radius 2 is 1.84 bits per heavy atom. The van der Waals surface area contributed by atoms with Gasteiger partial charge in [-0.05, 0) is 61.8 Å². The van der Waals surface area contributed by atoms with E-state index in [9.17, 15) is 0 Å². The highest BCUT2D eigenvalue weighted by Gasteiger charge is 2.41. The maximum Gasteiger partial charge on any atom is 0.0723 e. The van der Waals surface area contributed by atoms with Gasteiger partial charge in [0.2, 0.25) is 0 Å². The monoisotopic (exact) mass is 316 g/mol. The maximum atomic E-state index is 4.45. The Morgan fingerprint density at radius 3 is 2.53 bits per heavy atom. The summed E-state index contributed by atoms with van der Waals surface area (Å²) in [7, 11) is 0. The lowest BCUT2D eigenvalue weighted by Gasteiger charge is -2.20. The Bertz CT molecular complexity index is 605. The van der Waals surface area contributed by atoms with Crippen LogP contribution in [0, 0.1) is 11.8 Å². The Morgan fingerprint density at radius 1 is 1.11 bits per heavy atom. The summed E-state index contributed by atoms with van der Waals surface area (Å²) in [5.41, 5.74) is 2.31. The van der Waals surface area contributed by atoms with Crippen molar-refractivity contribution >= 4 is 32.5 Å². The van der Waals surface area contributed by atoms with Crippen molar-refractivity contribution in [2.75, 3.05) is 5.32 Å². The zero-order chi connectivity index (χ0) is 12.8. The summed E-state index contributed by atoms with van der Waals surface area (Å²) in [5, 5.41) is 5.04. The number of aromatic nitrogens is 1. The quantitative estimate of drug-likeness (QED) is 0.891. The SMILES string of the molecule is Brc1ccc2nccc(NC(C3CC3)C3CC3)c2c1. The van der Waals surface area contributed by atoms with Gasteiger partial charge in [0.15, 0.2) is 0 Å². The first-order valence-electron chi connectivity index (χ1n) is 7.12. The molecule has 1 N–H and O–H groups in total. The molecule has 0 amide bonds. The Labute approximate surface area is 121 Å². The van der Waals surface area contributed by atoms with E-state index in [2.05, 4.69) is 50.5 Å². The van der Waals surface area contributed by atoms with Gasteiger partial charge in [-0.1, -0.05) is 15.9 Å². The number of nitrogens with one attached hydrogen (secondary N) is 1. The van der Waals surface area contributed by atoms with Crippen LogP contribution >= 0.6 is 15.9 Å². The first kappa shape index (κ1) is 11.7. The standard InChI is InChI=1S/C16H17BrN2/c17-12-5-6-14-13(9-12)15(7-8-18-14)19-16(10-1-2-10)11-3-4-11/h5-11,16H,1-4H2,(H,18,19). The van der Waals surface area contributed by atoms with Crippen LogP contribution in [0.15, 0.2) is 34.9 Å². The molecule has 0 bridgehead atoms. The molecule has 4 rings (SSSR count). The largest absolute Gasteiger partial charge is 0.381 e. The first-order chi connectivity index (χ1) is 9.31. The number of halogens is 1. The molecule has 2 fully saturated rings. The second-order valence-electron chi connectivity index (χ2n) is 5.86. The third-order valence-corrected chi connectivity index (χ3v) is 4.78. The number of pyridine rings is 1. The van der Waals surface area contributed by atoms with Gasteiger partial charge in [-0.2, -0.15) is 0 Å². The molecule has 0 spiro atoms. The molecule has 1 aromatic heterocycles. The predicted molar refractivity (Wildman–Crippen MR) is 82.3 cm³/mol. The van der Waals surface area contributed by atoms with E-state index in [0.29, 0.717) is 6.04 Å². The Kier molecular flexibility index (Phi) is 2.76. The lowest BCUT2D eigenvalue weighted by atomic mass is 10.1. The van der Waals surface area contributed by atoms with Crippen molar-refractivity contribution in [2.24, 2.45) is 11.8 Å². The van der Waals surface area contributed by atoms with Crippen molar-refractivity contribution in [3.05, 3.63) is 34.9 Å². The summed E-state index contributed by atoms with van der Waals surface area (Å²) in [5.74, 6) is 1.81. The summed E-state index contributed by atoms with van der Waals surface area (Å²) in [6.45, 7) is 0. The average Bonchev–Trinajstić information content (AvgIpc) is 3.28. The second-order valence-corrected chi connectivity index (χ2v) is 6.78. The van der Waals surface area contributed by atoms with Crippen molar-refractivity contribution in [2.45, 2.75) is 31.7 Å². The van der Waals surface area contributed by atoms with Gasteiger partial charge in [0, 0.05) is 27.8 Å². The molecule has 0 atom stereocenters. The summed E-state index contributed by atoms with van der Waals surface area (Å²) >= 11 is 3.56. The van der Waals surface area contributed by atoms with Gasteiger partial charge in [0.05, 0.1) is 5.52 Å². The van der Waals surface area contributed by atoms with Gasteiger partial charge in [0.25, 0.3) is 0 Å². The molecule has 0 saturated heterocycles. The molecule has 98 valence electrons. The fourth-order valence-electron chi connectivity index (χ4n) is 2.96. The van der Waals surface area contributed by atoms with Crippen LogP contribution in [-0.4, -0.2) is 11.0 Å². The molecule has 2 aliphatic rings. The minimum Gasteiger partial charge on any atom is -0.381 e. The van der Waals surface area contributed by atoms with E-state index in [1.165, 1.54) is 36.8 Å². The number of nitrogens with zero attached hydrogens (tertiary/aromatic N) is 1. The second kappa shape index (κ2) is 4.48. The molecular formula is C16H17BrN2. The van der Waals surface area contributed by atoms with Crippen molar-refractivity contribution < 1.29 is 0 Å². The molecule has 1 heterocycles. The molecule has 2 aromatic rings. The average molecular weight is 317 g/mol. The minimum atomic E-state index is 0.685. The fraction of sp³-hybridized carbons (Fsp3) is 0.438. The maximum absolute atomic E-state index is 4.45. The van der Waals surface area contributed by atoms with E-state index in [1.807, 2.05) is 6.20 Å². The van der Waals surface area contributed by atoms with Crippen molar-refractivity contribution in [1.82, 2.24) is 4.98 Å². The molecule has 1 aromatic carbocycles. The van der Waals surface area contributed by atoms with Crippen LogP contribution < -0.4 is 5.32 Å². The molecular weight excluding hydrogens is 300 g/mol. The van der Waals surface area contributed by atoms with Crippen molar-refractivity contribution in [3.63, 3.8) is 0 Å². The van der Waals surface area contributed by atoms with Crippen molar-refractivity contribution in [1.29, 1.82) is 0 Å². The van der Waals surface area contributed by atoms with E-state index < -0.39 is 0 Å². The summed E-state index contributed by atoms with van der Waals surface area (Å²) in [4.78, 5) is 4.45. The Hall–Kier alpha value is -1.09. The zero-order valence-corrected chi connectivity index (χ0v) is 12.4. The van der Waals surface area contributed by atoms with E-state index in [0.717, 1.165) is 21.8 Å². The number of anilines is 1. The normalized spacial score (nSPS) is 19.1. The van der Waals surface area contributed by atoms with Gasteiger partial charge in [0.1, 0.15) is 0 Å². The third-order valence-electron chi connectivity index (χ3n) is 4.29. The van der Waals surface area contributed by atoms with Crippen LogP contribution in [-0.2, 0) is 0 Å². The van der Waals surface area contributed by atoms with Crippen molar-refractivity contribution in [3.8, 4) is 0 Å². The number of benzene rings is 1. The van der Waals surface area contributed by atoms with Crippen LogP contribution in [0.1, 0.15) is 25.7 Å². The van der Waals surface area contributed by atoms with E-state index in [1.54, 1.807) is 0 Å². The number of hydrogen-bond donors (Lipinski definition) is 1. The summed E-state index contributed by atoms with van der Waals surface area (Å²) in [6, 6.07) is 9.10. The molecule has 19 heavy (non-hydrogen) atoms. The molecule has 2 saturated carbocycles. The third kappa shape index (κ3) is 2.36. The molecule has 3 heteroatoms. The highest BCUT2D eigenvalue weighted by atomic mass is 79.9. The Balaban J connectivity index is 1.71. The van der Waals surface area contributed by atoms with Crippen LogP contribution in [0.5, 0.6) is 0 Å². The molecule has 0 unspecified atom stereocenters. The molecule has 0 aliphatic heterocycles. The van der Waals surface area contributed by atoms with Gasteiger partial charge < -0.3 is 5.32 Å². The number of rotatable bonds is 4. The van der Waals surface area contributed by atoms with Crippen LogP contribution in [0.4, 0.5) is 5.69 Å². The lowest BCUT2D eigenvalue weighted by molar-refractivity contribution is 0.568. The number of hydrogen-bond acceptors (Lipinski definition) is 2. The molecule has 0 radical (unpaired) electrons. The van der Waals surface area contributed by atoms with Crippen LogP contribution in [0.2, 0.25) is 0 Å². The first-order valence-corrected chi connectivity index (χ1v) is 7.91. The van der Waals surface area contributed by atoms with Gasteiger partial charge in [-0.3, -0.25) is 4.98 Å². The minimum absolute atomic E-state index is 0.685. The van der Waals surface area contributed by atoms with Gasteiger partial charge in [-0.15, -0.1) is 0 Å². The smallest absolute Gasteiger partial charge is 0.0723 e. The van der Waals surface area contributed by atoms with E-state index in [-0.39, 0.29) is 0 Å². The fourth-order valence-corrected chi connectivity index (χ4v) is 3.32. The summed E-state index contributed by atoms with van der Waals surface area (Å²) in [6.07, 6.45) is 7.53.